The fourth-order valence-electron chi connectivity index (χ4n) is 1.86. The molecule has 0 aliphatic carbocycles. The first-order chi connectivity index (χ1) is 8.63. The summed E-state index contributed by atoms with van der Waals surface area (Å²) < 4.78 is 30.7. The molecule has 1 heterocycles. The summed E-state index contributed by atoms with van der Waals surface area (Å²) in [5, 5.41) is 3.28. The van der Waals surface area contributed by atoms with Gasteiger partial charge in [-0.1, -0.05) is 6.92 Å². The Morgan fingerprint density at radius 2 is 2.00 bits per heavy atom. The van der Waals surface area contributed by atoms with Gasteiger partial charge in [-0.3, -0.25) is 0 Å². The maximum Gasteiger partial charge on any atom is 0.209 e. The van der Waals surface area contributed by atoms with E-state index in [2.05, 4.69) is 10.0 Å². The zero-order chi connectivity index (χ0) is 14.7. The Balaban J connectivity index is 2.56. The number of aryl methyl sites for hydroxylation is 1. The van der Waals surface area contributed by atoms with Crippen LogP contribution in [0.3, 0.4) is 0 Å². The van der Waals surface area contributed by atoms with Crippen molar-refractivity contribution in [3.8, 4) is 0 Å². The number of nitrogens with one attached hydrogen (secondary N) is 2. The molecule has 0 spiro atoms. The van der Waals surface area contributed by atoms with Gasteiger partial charge in [-0.25, -0.2) is 13.1 Å². The van der Waals surface area contributed by atoms with E-state index in [0.717, 1.165) is 24.2 Å². The van der Waals surface area contributed by atoms with Crippen LogP contribution in [-0.4, -0.2) is 26.8 Å². The van der Waals surface area contributed by atoms with Crippen LogP contribution in [0.1, 0.15) is 45.3 Å². The van der Waals surface area contributed by atoms with Gasteiger partial charge in [-0.15, -0.1) is 0 Å². The van der Waals surface area contributed by atoms with Crippen molar-refractivity contribution >= 4 is 10.0 Å². The van der Waals surface area contributed by atoms with Gasteiger partial charge in [0.1, 0.15) is 11.5 Å². The molecule has 1 unspecified atom stereocenters. The lowest BCUT2D eigenvalue weighted by Crippen LogP contribution is -2.50. The first kappa shape index (κ1) is 16.2. The van der Waals surface area contributed by atoms with E-state index < -0.39 is 15.6 Å². The molecule has 0 radical (unpaired) electrons. The molecule has 19 heavy (non-hydrogen) atoms. The van der Waals surface area contributed by atoms with Crippen LogP contribution in [-0.2, 0) is 16.4 Å². The minimum atomic E-state index is -3.21. The third-order valence-electron chi connectivity index (χ3n) is 2.77. The number of rotatable bonds is 7. The maximum atomic E-state index is 11.2. The van der Waals surface area contributed by atoms with Gasteiger partial charge in [0.05, 0.1) is 12.3 Å². The molecule has 1 aromatic heterocycles. The Morgan fingerprint density at radius 3 is 2.47 bits per heavy atom. The Kier molecular flexibility index (Phi) is 5.18. The third kappa shape index (κ3) is 5.76. The summed E-state index contributed by atoms with van der Waals surface area (Å²) in [6, 6.07) is 3.96. The third-order valence-corrected chi connectivity index (χ3v) is 3.69. The summed E-state index contributed by atoms with van der Waals surface area (Å²) in [5.41, 5.74) is -0.540. The SMILES string of the molecule is CCc1ccc(C(C)NCC(C)(C)NS(C)(=O)=O)o1. The lowest BCUT2D eigenvalue weighted by Gasteiger charge is -2.27. The molecule has 0 aliphatic heterocycles. The maximum absolute atomic E-state index is 11.2. The van der Waals surface area contributed by atoms with Gasteiger partial charge >= 0.3 is 0 Å². The van der Waals surface area contributed by atoms with E-state index >= 15 is 0 Å². The molecule has 0 aliphatic rings. The molecule has 1 atom stereocenters. The fraction of sp³-hybridized carbons (Fsp3) is 0.692. The predicted octanol–water partition coefficient (Wildman–Crippen LogP) is 1.82. The second-order valence-corrected chi connectivity index (χ2v) is 7.27. The number of hydrogen-bond donors (Lipinski definition) is 2. The number of hydrogen-bond acceptors (Lipinski definition) is 4. The van der Waals surface area contributed by atoms with Crippen LogP contribution in [0.4, 0.5) is 0 Å². The normalized spacial score (nSPS) is 14.6. The van der Waals surface area contributed by atoms with Gasteiger partial charge in [0.2, 0.25) is 10.0 Å². The minimum absolute atomic E-state index is 0.0425. The topological polar surface area (TPSA) is 71.3 Å². The van der Waals surface area contributed by atoms with E-state index in [4.69, 9.17) is 4.42 Å². The molecule has 0 aromatic carbocycles. The van der Waals surface area contributed by atoms with Crippen LogP contribution < -0.4 is 10.0 Å². The van der Waals surface area contributed by atoms with E-state index in [1.165, 1.54) is 0 Å². The summed E-state index contributed by atoms with van der Waals surface area (Å²) >= 11 is 0. The van der Waals surface area contributed by atoms with Gasteiger partial charge in [0.15, 0.2) is 0 Å². The lowest BCUT2D eigenvalue weighted by molar-refractivity contribution is 0.362. The van der Waals surface area contributed by atoms with E-state index in [9.17, 15) is 8.42 Å². The summed E-state index contributed by atoms with van der Waals surface area (Å²) in [7, 11) is -3.21. The first-order valence-electron chi connectivity index (χ1n) is 6.44. The molecule has 0 saturated heterocycles. The summed E-state index contributed by atoms with van der Waals surface area (Å²) in [6.45, 7) is 8.23. The van der Waals surface area contributed by atoms with Gasteiger partial charge in [0.25, 0.3) is 0 Å². The Labute approximate surface area is 115 Å². The molecule has 0 amide bonds. The van der Waals surface area contributed by atoms with Crippen LogP contribution in [0, 0.1) is 0 Å². The number of sulfonamides is 1. The summed E-state index contributed by atoms with van der Waals surface area (Å²) in [4.78, 5) is 0. The summed E-state index contributed by atoms with van der Waals surface area (Å²) in [6.07, 6.45) is 2.03. The molecule has 0 fully saturated rings. The number of furan rings is 1. The van der Waals surface area contributed by atoms with Crippen LogP contribution >= 0.6 is 0 Å². The average molecular weight is 288 g/mol. The Hall–Kier alpha value is -0.850. The second-order valence-electron chi connectivity index (χ2n) is 5.52. The van der Waals surface area contributed by atoms with Crippen molar-refractivity contribution < 1.29 is 12.8 Å². The average Bonchev–Trinajstić information content (AvgIpc) is 2.71. The van der Waals surface area contributed by atoms with E-state index in [1.54, 1.807) is 0 Å². The Bertz CT molecular complexity index is 506. The summed E-state index contributed by atoms with van der Waals surface area (Å²) in [5.74, 6) is 1.82. The molecule has 6 heteroatoms. The monoisotopic (exact) mass is 288 g/mol. The van der Waals surface area contributed by atoms with Crippen molar-refractivity contribution in [2.24, 2.45) is 0 Å². The van der Waals surface area contributed by atoms with Crippen LogP contribution in [0.5, 0.6) is 0 Å². The van der Waals surface area contributed by atoms with E-state index in [1.807, 2.05) is 39.8 Å². The van der Waals surface area contributed by atoms with E-state index in [-0.39, 0.29) is 6.04 Å². The molecule has 0 bridgehead atoms. The molecular formula is C13H24N2O3S. The van der Waals surface area contributed by atoms with Gasteiger partial charge in [-0.05, 0) is 32.9 Å². The first-order valence-corrected chi connectivity index (χ1v) is 8.33. The molecule has 2 N–H and O–H groups in total. The van der Waals surface area contributed by atoms with Crippen LogP contribution in [0.15, 0.2) is 16.5 Å². The second kappa shape index (κ2) is 6.07. The molecule has 1 aromatic rings. The highest BCUT2D eigenvalue weighted by molar-refractivity contribution is 7.88. The van der Waals surface area contributed by atoms with Gasteiger partial charge in [-0.2, -0.15) is 0 Å². The predicted molar refractivity (Wildman–Crippen MR) is 76.6 cm³/mol. The van der Waals surface area contributed by atoms with Crippen LogP contribution in [0.2, 0.25) is 0 Å². The van der Waals surface area contributed by atoms with Crippen molar-refractivity contribution in [2.45, 2.75) is 45.7 Å². The van der Waals surface area contributed by atoms with Crippen molar-refractivity contribution in [3.05, 3.63) is 23.7 Å². The lowest BCUT2D eigenvalue weighted by atomic mass is 10.1. The van der Waals surface area contributed by atoms with Gasteiger partial charge < -0.3 is 9.73 Å². The van der Waals surface area contributed by atoms with Crippen molar-refractivity contribution in [3.63, 3.8) is 0 Å². The van der Waals surface area contributed by atoms with Crippen molar-refractivity contribution in [2.75, 3.05) is 12.8 Å². The molecule has 1 rings (SSSR count). The molecule has 0 saturated carbocycles. The van der Waals surface area contributed by atoms with Gasteiger partial charge in [0, 0.05) is 18.5 Å². The zero-order valence-electron chi connectivity index (χ0n) is 12.3. The highest BCUT2D eigenvalue weighted by Gasteiger charge is 2.23. The molecular weight excluding hydrogens is 264 g/mol. The van der Waals surface area contributed by atoms with E-state index in [0.29, 0.717) is 6.54 Å². The van der Waals surface area contributed by atoms with Crippen molar-refractivity contribution in [1.29, 1.82) is 0 Å². The Morgan fingerprint density at radius 1 is 1.37 bits per heavy atom. The van der Waals surface area contributed by atoms with Crippen molar-refractivity contribution in [1.82, 2.24) is 10.0 Å². The fourth-order valence-corrected chi connectivity index (χ4v) is 2.94. The smallest absolute Gasteiger partial charge is 0.209 e. The highest BCUT2D eigenvalue weighted by atomic mass is 32.2. The zero-order valence-corrected chi connectivity index (χ0v) is 13.1. The molecule has 5 nitrogen and oxygen atoms in total. The quantitative estimate of drug-likeness (QED) is 0.803. The molecule has 110 valence electrons. The van der Waals surface area contributed by atoms with Crippen LogP contribution in [0.25, 0.3) is 0 Å². The minimum Gasteiger partial charge on any atom is -0.464 e. The standard InChI is InChI=1S/C13H24N2O3S/c1-6-11-7-8-12(18-11)10(2)14-9-13(3,4)15-19(5,16)17/h7-8,10,14-15H,6,9H2,1-5H3. The largest absolute Gasteiger partial charge is 0.464 e. The highest BCUT2D eigenvalue weighted by Crippen LogP contribution is 2.17.